The van der Waals surface area contributed by atoms with Crippen LogP contribution in [0.3, 0.4) is 0 Å². The fraction of sp³-hybridized carbons (Fsp3) is 0.667. The van der Waals surface area contributed by atoms with Gasteiger partial charge in [-0.05, 0) is 32.4 Å². The molecule has 1 aromatic heterocycles. The van der Waals surface area contributed by atoms with Crippen LogP contribution >= 0.6 is 0 Å². The van der Waals surface area contributed by atoms with E-state index in [1.54, 1.807) is 6.20 Å². The lowest BCUT2D eigenvalue weighted by Crippen LogP contribution is -2.23. The predicted octanol–water partition coefficient (Wildman–Crippen LogP) is 0.592. The predicted molar refractivity (Wildman–Crippen MR) is 49.1 cm³/mol. The van der Waals surface area contributed by atoms with Gasteiger partial charge in [-0.1, -0.05) is 0 Å². The van der Waals surface area contributed by atoms with Gasteiger partial charge in [-0.3, -0.25) is 0 Å². The maximum atomic E-state index is 6.02. The third-order valence-electron chi connectivity index (χ3n) is 2.53. The molecule has 3 N–H and O–H groups in total. The molecule has 2 atom stereocenters. The normalized spacial score (nSPS) is 24.9. The van der Waals surface area contributed by atoms with Crippen molar-refractivity contribution in [3.8, 4) is 0 Å². The number of aromatic nitrogens is 1. The summed E-state index contributed by atoms with van der Waals surface area (Å²) in [6.07, 6.45) is 2.83. The summed E-state index contributed by atoms with van der Waals surface area (Å²) in [5.74, 6) is 1.97. The minimum atomic E-state index is -0.0521. The summed E-state index contributed by atoms with van der Waals surface area (Å²) in [6, 6.07) is -0.0521. The van der Waals surface area contributed by atoms with Crippen molar-refractivity contribution in [1.29, 1.82) is 0 Å². The van der Waals surface area contributed by atoms with Crippen LogP contribution < -0.4 is 11.1 Å². The highest BCUT2D eigenvalue weighted by molar-refractivity contribution is 4.98. The topological polar surface area (TPSA) is 64.1 Å². The summed E-state index contributed by atoms with van der Waals surface area (Å²) in [5.41, 5.74) is 6.02. The lowest BCUT2D eigenvalue weighted by Gasteiger charge is -2.13. The third kappa shape index (κ3) is 1.73. The Morgan fingerprint density at radius 3 is 3.15 bits per heavy atom. The lowest BCUT2D eigenvalue weighted by atomic mass is 10.00. The average molecular weight is 181 g/mol. The Balaban J connectivity index is 2.07. The maximum Gasteiger partial charge on any atom is 0.211 e. The van der Waals surface area contributed by atoms with Gasteiger partial charge in [-0.2, -0.15) is 0 Å². The van der Waals surface area contributed by atoms with E-state index in [4.69, 9.17) is 10.2 Å². The third-order valence-corrected chi connectivity index (χ3v) is 2.53. The molecule has 4 heteroatoms. The van der Waals surface area contributed by atoms with Gasteiger partial charge in [0.1, 0.15) is 5.76 Å². The van der Waals surface area contributed by atoms with Crippen LogP contribution in [-0.2, 0) is 0 Å². The van der Waals surface area contributed by atoms with Crippen LogP contribution in [0.1, 0.15) is 24.1 Å². The summed E-state index contributed by atoms with van der Waals surface area (Å²) in [5, 5.41) is 3.28. The first-order chi connectivity index (χ1) is 6.27. The second-order valence-corrected chi connectivity index (χ2v) is 3.59. The van der Waals surface area contributed by atoms with Gasteiger partial charge in [0.15, 0.2) is 0 Å². The van der Waals surface area contributed by atoms with Crippen LogP contribution in [-0.4, -0.2) is 18.1 Å². The van der Waals surface area contributed by atoms with Gasteiger partial charge in [0.2, 0.25) is 5.89 Å². The Bertz CT molecular complexity index is 278. The van der Waals surface area contributed by atoms with Crippen molar-refractivity contribution in [2.75, 3.05) is 13.1 Å². The van der Waals surface area contributed by atoms with Gasteiger partial charge in [0.25, 0.3) is 0 Å². The molecule has 2 heterocycles. The molecule has 4 nitrogen and oxygen atoms in total. The number of hydrogen-bond donors (Lipinski definition) is 2. The van der Waals surface area contributed by atoms with Gasteiger partial charge in [-0.25, -0.2) is 4.98 Å². The molecule has 1 saturated heterocycles. The summed E-state index contributed by atoms with van der Waals surface area (Å²) >= 11 is 0. The molecule has 2 rings (SSSR count). The Morgan fingerprint density at radius 1 is 1.77 bits per heavy atom. The molecule has 0 bridgehead atoms. The van der Waals surface area contributed by atoms with Gasteiger partial charge < -0.3 is 15.5 Å². The van der Waals surface area contributed by atoms with Crippen molar-refractivity contribution in [1.82, 2.24) is 10.3 Å². The smallest absolute Gasteiger partial charge is 0.211 e. The molecule has 13 heavy (non-hydrogen) atoms. The van der Waals surface area contributed by atoms with E-state index in [0.29, 0.717) is 11.8 Å². The van der Waals surface area contributed by atoms with E-state index in [0.717, 1.165) is 25.3 Å². The van der Waals surface area contributed by atoms with Crippen LogP contribution in [0.15, 0.2) is 10.6 Å². The standard InChI is InChI=1S/C9H15N3O/c1-6-4-12-9(13-6)8(10)7-2-3-11-5-7/h4,7-8,11H,2-3,5,10H2,1H3. The quantitative estimate of drug-likeness (QED) is 0.701. The first-order valence-electron chi connectivity index (χ1n) is 4.66. The molecule has 0 spiro atoms. The molecule has 2 unspecified atom stereocenters. The fourth-order valence-electron chi connectivity index (χ4n) is 1.71. The molecular weight excluding hydrogens is 166 g/mol. The Hall–Kier alpha value is -0.870. The van der Waals surface area contributed by atoms with Gasteiger partial charge in [0, 0.05) is 0 Å². The van der Waals surface area contributed by atoms with Crippen molar-refractivity contribution >= 4 is 0 Å². The summed E-state index contributed by atoms with van der Waals surface area (Å²) in [6.45, 7) is 3.91. The fourth-order valence-corrected chi connectivity index (χ4v) is 1.71. The average Bonchev–Trinajstić information content (AvgIpc) is 2.72. The SMILES string of the molecule is Cc1cnc(C(N)C2CCNC2)o1. The van der Waals surface area contributed by atoms with Gasteiger partial charge in [0.05, 0.1) is 12.2 Å². The number of rotatable bonds is 2. The van der Waals surface area contributed by atoms with E-state index >= 15 is 0 Å². The first-order valence-corrected chi connectivity index (χ1v) is 4.66. The van der Waals surface area contributed by atoms with Crippen LogP contribution in [0, 0.1) is 12.8 Å². The minimum Gasteiger partial charge on any atom is -0.444 e. The maximum absolute atomic E-state index is 6.02. The summed E-state index contributed by atoms with van der Waals surface area (Å²) in [4.78, 5) is 4.14. The van der Waals surface area contributed by atoms with Crippen molar-refractivity contribution in [3.63, 3.8) is 0 Å². The molecule has 0 amide bonds. The van der Waals surface area contributed by atoms with Gasteiger partial charge >= 0.3 is 0 Å². The van der Waals surface area contributed by atoms with Crippen LogP contribution in [0.5, 0.6) is 0 Å². The molecule has 0 aliphatic carbocycles. The molecule has 0 aromatic carbocycles. The monoisotopic (exact) mass is 181 g/mol. The van der Waals surface area contributed by atoms with E-state index in [2.05, 4.69) is 10.3 Å². The van der Waals surface area contributed by atoms with E-state index in [9.17, 15) is 0 Å². The number of hydrogen-bond acceptors (Lipinski definition) is 4. The molecule has 1 fully saturated rings. The minimum absolute atomic E-state index is 0.0521. The number of nitrogens with one attached hydrogen (secondary N) is 1. The number of aryl methyl sites for hydroxylation is 1. The van der Waals surface area contributed by atoms with Crippen LogP contribution in [0.25, 0.3) is 0 Å². The summed E-state index contributed by atoms with van der Waals surface area (Å²) < 4.78 is 5.39. The zero-order valence-electron chi connectivity index (χ0n) is 7.79. The Labute approximate surface area is 77.5 Å². The molecule has 1 aliphatic rings. The van der Waals surface area contributed by atoms with E-state index in [-0.39, 0.29) is 6.04 Å². The Morgan fingerprint density at radius 2 is 2.62 bits per heavy atom. The van der Waals surface area contributed by atoms with Crippen molar-refractivity contribution in [2.24, 2.45) is 11.7 Å². The first kappa shape index (κ1) is 8.72. The van der Waals surface area contributed by atoms with Crippen molar-refractivity contribution < 1.29 is 4.42 Å². The number of nitrogens with zero attached hydrogens (tertiary/aromatic N) is 1. The van der Waals surface area contributed by atoms with Crippen molar-refractivity contribution in [3.05, 3.63) is 17.8 Å². The van der Waals surface area contributed by atoms with E-state index in [1.807, 2.05) is 6.92 Å². The highest BCUT2D eigenvalue weighted by Crippen LogP contribution is 2.23. The molecule has 72 valence electrons. The molecule has 1 aromatic rings. The number of nitrogens with two attached hydrogens (primary N) is 1. The molecule has 0 radical (unpaired) electrons. The van der Waals surface area contributed by atoms with Crippen LogP contribution in [0.4, 0.5) is 0 Å². The summed E-state index contributed by atoms with van der Waals surface area (Å²) in [7, 11) is 0. The second-order valence-electron chi connectivity index (χ2n) is 3.59. The Kier molecular flexibility index (Phi) is 2.33. The zero-order valence-corrected chi connectivity index (χ0v) is 7.79. The highest BCUT2D eigenvalue weighted by atomic mass is 16.4. The zero-order chi connectivity index (χ0) is 9.26. The van der Waals surface area contributed by atoms with Crippen molar-refractivity contribution in [2.45, 2.75) is 19.4 Å². The molecule has 0 saturated carbocycles. The van der Waals surface area contributed by atoms with Crippen LogP contribution in [0.2, 0.25) is 0 Å². The lowest BCUT2D eigenvalue weighted by molar-refractivity contribution is 0.362. The molecular formula is C9H15N3O. The van der Waals surface area contributed by atoms with E-state index < -0.39 is 0 Å². The highest BCUT2D eigenvalue weighted by Gasteiger charge is 2.26. The number of oxazole rings is 1. The van der Waals surface area contributed by atoms with Gasteiger partial charge in [-0.15, -0.1) is 0 Å². The largest absolute Gasteiger partial charge is 0.444 e. The molecule has 1 aliphatic heterocycles. The van der Waals surface area contributed by atoms with E-state index in [1.165, 1.54) is 0 Å². The second kappa shape index (κ2) is 3.47.